The maximum Gasteiger partial charge on any atom is 0.305 e. The zero-order valence-electron chi connectivity index (χ0n) is 12.1. The maximum absolute atomic E-state index is 11.2. The molecule has 0 aliphatic heterocycles. The van der Waals surface area contributed by atoms with E-state index < -0.39 is 16.4 Å². The number of aliphatic carboxylic acids is 1. The molecule has 1 aliphatic carbocycles. The number of hydrogen-bond donors (Lipinski definition) is 2. The van der Waals surface area contributed by atoms with Crippen LogP contribution in [0.2, 0.25) is 0 Å². The van der Waals surface area contributed by atoms with E-state index in [-0.39, 0.29) is 12.1 Å². The first-order valence-electron chi connectivity index (χ1n) is 7.17. The average molecular weight is 292 g/mol. The molecule has 0 atom stereocenters. The molecule has 2 N–H and O–H groups in total. The minimum absolute atomic E-state index is 0.0179. The highest BCUT2D eigenvalue weighted by molar-refractivity contribution is 5.70. The molecule has 1 saturated carbocycles. The van der Waals surface area contributed by atoms with Gasteiger partial charge in [0.1, 0.15) is 0 Å². The summed E-state index contributed by atoms with van der Waals surface area (Å²) in [5, 5.41) is 23.4. The van der Waals surface area contributed by atoms with Crippen molar-refractivity contribution in [3.63, 3.8) is 0 Å². The number of nitro benzene ring substituents is 1. The number of non-ortho nitro benzene ring substituents is 1. The zero-order chi connectivity index (χ0) is 15.5. The third kappa shape index (κ3) is 3.71. The quantitative estimate of drug-likeness (QED) is 0.640. The van der Waals surface area contributed by atoms with Crippen LogP contribution >= 0.6 is 0 Å². The molecule has 21 heavy (non-hydrogen) atoms. The monoisotopic (exact) mass is 292 g/mol. The van der Waals surface area contributed by atoms with Crippen LogP contribution in [0.25, 0.3) is 0 Å². The lowest BCUT2D eigenvalue weighted by Gasteiger charge is -2.38. The van der Waals surface area contributed by atoms with Gasteiger partial charge in [-0.05, 0) is 25.3 Å². The van der Waals surface area contributed by atoms with Crippen molar-refractivity contribution >= 4 is 17.3 Å². The van der Waals surface area contributed by atoms with Crippen LogP contribution in [-0.2, 0) is 4.79 Å². The number of rotatable bonds is 5. The van der Waals surface area contributed by atoms with Crippen LogP contribution in [0.5, 0.6) is 0 Å². The van der Waals surface area contributed by atoms with Crippen LogP contribution in [0, 0.1) is 17.0 Å². The summed E-state index contributed by atoms with van der Waals surface area (Å²) in [6, 6.07) is 4.65. The number of carboxylic acids is 1. The first-order chi connectivity index (χ1) is 9.92. The summed E-state index contributed by atoms with van der Waals surface area (Å²) in [5.41, 5.74) is 1.07. The molecule has 0 aromatic heterocycles. The number of hydrogen-bond acceptors (Lipinski definition) is 4. The number of carbonyl (C=O) groups is 1. The molecule has 0 radical (unpaired) electrons. The Morgan fingerprint density at radius 3 is 2.62 bits per heavy atom. The number of aryl methyl sites for hydroxylation is 1. The number of nitrogens with zero attached hydrogens (tertiary/aromatic N) is 1. The normalized spacial score (nSPS) is 17.2. The molecule has 2 rings (SSSR count). The maximum atomic E-state index is 11.2. The van der Waals surface area contributed by atoms with Crippen molar-refractivity contribution in [1.82, 2.24) is 0 Å². The first kappa shape index (κ1) is 15.3. The van der Waals surface area contributed by atoms with E-state index in [1.165, 1.54) is 12.1 Å². The molecule has 6 nitrogen and oxygen atoms in total. The topological polar surface area (TPSA) is 92.5 Å². The smallest absolute Gasteiger partial charge is 0.305 e. The van der Waals surface area contributed by atoms with Crippen LogP contribution in [0.15, 0.2) is 18.2 Å². The van der Waals surface area contributed by atoms with Gasteiger partial charge in [-0.15, -0.1) is 0 Å². The van der Waals surface area contributed by atoms with Crippen molar-refractivity contribution < 1.29 is 14.8 Å². The van der Waals surface area contributed by atoms with E-state index in [2.05, 4.69) is 5.32 Å². The van der Waals surface area contributed by atoms with Crippen molar-refractivity contribution in [2.75, 3.05) is 5.32 Å². The van der Waals surface area contributed by atoms with Gasteiger partial charge in [0.05, 0.1) is 11.3 Å². The Kier molecular flexibility index (Phi) is 4.45. The number of nitro groups is 1. The fraction of sp³-hybridized carbons (Fsp3) is 0.533. The van der Waals surface area contributed by atoms with Gasteiger partial charge >= 0.3 is 5.97 Å². The molecule has 1 aromatic carbocycles. The summed E-state index contributed by atoms with van der Waals surface area (Å²) < 4.78 is 0. The van der Waals surface area contributed by atoms with Gasteiger partial charge in [-0.3, -0.25) is 14.9 Å². The lowest BCUT2D eigenvalue weighted by atomic mass is 9.79. The molecule has 0 saturated heterocycles. The average Bonchev–Trinajstić information content (AvgIpc) is 2.41. The Balaban J connectivity index is 2.29. The molecule has 0 unspecified atom stereocenters. The largest absolute Gasteiger partial charge is 0.481 e. The van der Waals surface area contributed by atoms with E-state index in [9.17, 15) is 20.0 Å². The van der Waals surface area contributed by atoms with Crippen LogP contribution in [0.3, 0.4) is 0 Å². The summed E-state index contributed by atoms with van der Waals surface area (Å²) in [4.78, 5) is 21.6. The molecule has 1 aliphatic rings. The van der Waals surface area contributed by atoms with Gasteiger partial charge in [-0.1, -0.05) is 25.3 Å². The number of nitrogens with one attached hydrogen (secondary N) is 1. The third-order valence-electron chi connectivity index (χ3n) is 4.13. The summed E-state index contributed by atoms with van der Waals surface area (Å²) >= 11 is 0. The van der Waals surface area contributed by atoms with Crippen LogP contribution in [0.1, 0.15) is 44.1 Å². The molecule has 0 spiro atoms. The highest BCUT2D eigenvalue weighted by Crippen LogP contribution is 2.36. The molecule has 1 fully saturated rings. The highest BCUT2D eigenvalue weighted by atomic mass is 16.6. The van der Waals surface area contributed by atoms with Gasteiger partial charge in [-0.25, -0.2) is 0 Å². The van der Waals surface area contributed by atoms with Crippen LogP contribution in [-0.4, -0.2) is 21.5 Å². The second-order valence-corrected chi connectivity index (χ2v) is 5.79. The SMILES string of the molecule is Cc1ccc([N+](=O)[O-])cc1NC1(CC(=O)O)CCCCC1. The van der Waals surface area contributed by atoms with E-state index >= 15 is 0 Å². The minimum Gasteiger partial charge on any atom is -0.481 e. The first-order valence-corrected chi connectivity index (χ1v) is 7.17. The van der Waals surface area contributed by atoms with Crippen molar-refractivity contribution in [2.45, 2.75) is 51.0 Å². The number of anilines is 1. The Hall–Kier alpha value is -2.11. The van der Waals surface area contributed by atoms with E-state index in [1.54, 1.807) is 6.07 Å². The molecule has 114 valence electrons. The van der Waals surface area contributed by atoms with Crippen LogP contribution < -0.4 is 5.32 Å². The van der Waals surface area contributed by atoms with E-state index in [0.29, 0.717) is 5.69 Å². The molecule has 0 heterocycles. The standard InChI is InChI=1S/C15H20N2O4/c1-11-5-6-12(17(20)21)9-13(11)16-15(10-14(18)19)7-3-2-4-8-15/h5-6,9,16H,2-4,7-8,10H2,1H3,(H,18,19). The van der Waals surface area contributed by atoms with E-state index in [0.717, 1.165) is 37.7 Å². The van der Waals surface area contributed by atoms with Crippen molar-refractivity contribution in [3.05, 3.63) is 33.9 Å². The van der Waals surface area contributed by atoms with Gasteiger partial charge in [0.2, 0.25) is 0 Å². The van der Waals surface area contributed by atoms with Gasteiger partial charge in [0.25, 0.3) is 5.69 Å². The molecule has 1 aromatic rings. The van der Waals surface area contributed by atoms with Crippen molar-refractivity contribution in [2.24, 2.45) is 0 Å². The third-order valence-corrected chi connectivity index (χ3v) is 4.13. The van der Waals surface area contributed by atoms with Gasteiger partial charge in [0, 0.05) is 23.4 Å². The zero-order valence-corrected chi connectivity index (χ0v) is 12.1. The lowest BCUT2D eigenvalue weighted by Crippen LogP contribution is -2.42. The Bertz CT molecular complexity index is 551. The van der Waals surface area contributed by atoms with Gasteiger partial charge in [0.15, 0.2) is 0 Å². The number of carboxylic acid groups (broad SMARTS) is 1. The minimum atomic E-state index is -0.840. The Labute approximate surface area is 123 Å². The predicted octanol–water partition coefficient (Wildman–Crippen LogP) is 3.49. The second kappa shape index (κ2) is 6.11. The molecular formula is C15H20N2O4. The Morgan fingerprint density at radius 2 is 2.05 bits per heavy atom. The van der Waals surface area contributed by atoms with Crippen LogP contribution in [0.4, 0.5) is 11.4 Å². The van der Waals surface area contributed by atoms with Crippen molar-refractivity contribution in [1.29, 1.82) is 0 Å². The molecule has 0 amide bonds. The van der Waals surface area contributed by atoms with Gasteiger partial charge < -0.3 is 10.4 Å². The Morgan fingerprint density at radius 1 is 1.38 bits per heavy atom. The number of benzene rings is 1. The second-order valence-electron chi connectivity index (χ2n) is 5.79. The van der Waals surface area contributed by atoms with E-state index in [4.69, 9.17) is 0 Å². The molecule has 0 bridgehead atoms. The van der Waals surface area contributed by atoms with E-state index in [1.807, 2.05) is 6.92 Å². The summed E-state index contributed by atoms with van der Waals surface area (Å²) in [7, 11) is 0. The van der Waals surface area contributed by atoms with Crippen molar-refractivity contribution in [3.8, 4) is 0 Å². The molecule has 6 heteroatoms. The van der Waals surface area contributed by atoms with Gasteiger partial charge in [-0.2, -0.15) is 0 Å². The summed E-state index contributed by atoms with van der Waals surface area (Å²) in [5.74, 6) is -0.840. The highest BCUT2D eigenvalue weighted by Gasteiger charge is 2.34. The lowest BCUT2D eigenvalue weighted by molar-refractivity contribution is -0.384. The molecular weight excluding hydrogens is 272 g/mol. The summed E-state index contributed by atoms with van der Waals surface area (Å²) in [6.07, 6.45) is 4.66. The summed E-state index contributed by atoms with van der Waals surface area (Å²) in [6.45, 7) is 1.86. The fourth-order valence-electron chi connectivity index (χ4n) is 3.01. The predicted molar refractivity (Wildman–Crippen MR) is 79.5 cm³/mol. The fourth-order valence-corrected chi connectivity index (χ4v) is 3.01.